The van der Waals surface area contributed by atoms with Gasteiger partial charge in [0.05, 0.1) is 0 Å². The van der Waals surface area contributed by atoms with E-state index < -0.39 is 0 Å². The summed E-state index contributed by atoms with van der Waals surface area (Å²) >= 11 is 3.53. The van der Waals surface area contributed by atoms with Crippen molar-refractivity contribution in [1.82, 2.24) is 15.2 Å². The summed E-state index contributed by atoms with van der Waals surface area (Å²) in [5.41, 5.74) is 1.44. The highest BCUT2D eigenvalue weighted by atomic mass is 79.9. The molecule has 0 bridgehead atoms. The number of aromatic nitrogens is 1. The Kier molecular flexibility index (Phi) is 6.74. The average Bonchev–Trinajstić information content (AvgIpc) is 3.19. The quantitative estimate of drug-likeness (QED) is 0.559. The van der Waals surface area contributed by atoms with Crippen LogP contribution in [0.5, 0.6) is 0 Å². The largest absolute Gasteiger partial charge is 0.381 e. The lowest BCUT2D eigenvalue weighted by Crippen LogP contribution is -2.48. The molecule has 3 rings (SSSR count). The van der Waals surface area contributed by atoms with Crippen LogP contribution in [0, 0.1) is 0 Å². The zero-order valence-electron chi connectivity index (χ0n) is 15.2. The number of rotatable bonds is 6. The second-order valence-corrected chi connectivity index (χ2v) is 7.59. The van der Waals surface area contributed by atoms with Gasteiger partial charge in [-0.05, 0) is 42.7 Å². The molecule has 5 nitrogen and oxygen atoms in total. The van der Waals surface area contributed by atoms with Crippen LogP contribution in [0.25, 0.3) is 0 Å². The molecule has 0 aliphatic carbocycles. The van der Waals surface area contributed by atoms with Gasteiger partial charge in [0, 0.05) is 62.2 Å². The number of nitrogens with one attached hydrogen (secondary N) is 2. The summed E-state index contributed by atoms with van der Waals surface area (Å²) in [6, 6.07) is 12.8. The molecule has 1 aliphatic rings. The Labute approximate surface area is 164 Å². The van der Waals surface area contributed by atoms with Gasteiger partial charge in [-0.25, -0.2) is 0 Å². The van der Waals surface area contributed by atoms with Gasteiger partial charge >= 0.3 is 0 Å². The van der Waals surface area contributed by atoms with Crippen molar-refractivity contribution < 1.29 is 4.74 Å². The molecular formula is C20H27BrN4O. The number of aliphatic imine (C=N–C) groups is 1. The Morgan fingerprint density at radius 1 is 1.15 bits per heavy atom. The Hall–Kier alpha value is -1.79. The minimum absolute atomic E-state index is 0.0804. The van der Waals surface area contributed by atoms with E-state index in [1.165, 1.54) is 5.56 Å². The first kappa shape index (κ1) is 19.0. The summed E-state index contributed by atoms with van der Waals surface area (Å²) in [6.07, 6.45) is 6.18. The van der Waals surface area contributed by atoms with Gasteiger partial charge in [0.25, 0.3) is 0 Å². The number of hydrogen-bond acceptors (Lipinski definition) is 2. The molecule has 1 aliphatic heterocycles. The maximum atomic E-state index is 5.62. The van der Waals surface area contributed by atoms with Crippen LogP contribution in [0.15, 0.2) is 58.3 Å². The van der Waals surface area contributed by atoms with Crippen molar-refractivity contribution in [3.8, 4) is 0 Å². The predicted octanol–water partition coefficient (Wildman–Crippen LogP) is 3.16. The monoisotopic (exact) mass is 418 g/mol. The van der Waals surface area contributed by atoms with E-state index >= 15 is 0 Å². The number of guanidine groups is 1. The van der Waals surface area contributed by atoms with Gasteiger partial charge in [-0.3, -0.25) is 4.99 Å². The molecule has 0 unspecified atom stereocenters. The molecular weight excluding hydrogens is 392 g/mol. The van der Waals surface area contributed by atoms with E-state index in [4.69, 9.17) is 4.74 Å². The lowest BCUT2D eigenvalue weighted by Gasteiger charge is -2.38. The number of ether oxygens (including phenoxy) is 1. The van der Waals surface area contributed by atoms with Crippen LogP contribution < -0.4 is 10.6 Å². The van der Waals surface area contributed by atoms with Crippen LogP contribution in [0.2, 0.25) is 0 Å². The van der Waals surface area contributed by atoms with E-state index in [2.05, 4.69) is 72.8 Å². The second kappa shape index (κ2) is 9.24. The molecule has 0 radical (unpaired) electrons. The van der Waals surface area contributed by atoms with Crippen molar-refractivity contribution in [2.24, 2.45) is 4.99 Å². The fourth-order valence-electron chi connectivity index (χ4n) is 3.43. The molecule has 2 aromatic rings. The van der Waals surface area contributed by atoms with E-state index in [1.54, 1.807) is 0 Å². The third-order valence-corrected chi connectivity index (χ3v) is 5.58. The van der Waals surface area contributed by atoms with Crippen molar-refractivity contribution in [2.45, 2.75) is 24.8 Å². The van der Waals surface area contributed by atoms with Crippen LogP contribution in [0.1, 0.15) is 18.4 Å². The Bertz CT molecular complexity index is 691. The highest BCUT2D eigenvalue weighted by Crippen LogP contribution is 2.34. The van der Waals surface area contributed by atoms with Crippen molar-refractivity contribution in [3.05, 3.63) is 58.8 Å². The molecule has 0 saturated carbocycles. The van der Waals surface area contributed by atoms with Gasteiger partial charge in [-0.2, -0.15) is 0 Å². The van der Waals surface area contributed by atoms with Crippen LogP contribution in [-0.2, 0) is 16.7 Å². The van der Waals surface area contributed by atoms with Gasteiger partial charge in [0.15, 0.2) is 5.96 Å². The highest BCUT2D eigenvalue weighted by Gasteiger charge is 2.34. The van der Waals surface area contributed by atoms with Crippen LogP contribution in [0.3, 0.4) is 0 Å². The zero-order valence-corrected chi connectivity index (χ0v) is 16.8. The van der Waals surface area contributed by atoms with Crippen LogP contribution in [-0.4, -0.2) is 43.9 Å². The van der Waals surface area contributed by atoms with Crippen molar-refractivity contribution in [3.63, 3.8) is 0 Å². The molecule has 0 spiro atoms. The molecule has 1 saturated heterocycles. The highest BCUT2D eigenvalue weighted by molar-refractivity contribution is 9.10. The lowest BCUT2D eigenvalue weighted by atomic mass is 9.74. The van der Waals surface area contributed by atoms with Gasteiger partial charge in [0.1, 0.15) is 0 Å². The fourth-order valence-corrected chi connectivity index (χ4v) is 3.69. The molecule has 1 fully saturated rings. The molecule has 2 heterocycles. The maximum Gasteiger partial charge on any atom is 0.191 e. The second-order valence-electron chi connectivity index (χ2n) is 6.67. The Morgan fingerprint density at radius 2 is 1.85 bits per heavy atom. The first-order chi connectivity index (χ1) is 12.7. The summed E-state index contributed by atoms with van der Waals surface area (Å²) in [6.45, 7) is 4.21. The van der Waals surface area contributed by atoms with Crippen LogP contribution in [0.4, 0.5) is 0 Å². The summed E-state index contributed by atoms with van der Waals surface area (Å²) in [5, 5.41) is 6.94. The standard InChI is InChI=1S/C20H27BrN4O/c1-22-19(23-10-13-25-11-2-3-12-25)24-16-20(8-14-26-15-9-20)17-4-6-18(21)7-5-17/h2-7,11-12H,8-10,13-16H2,1H3,(H2,22,23,24). The predicted molar refractivity (Wildman–Crippen MR) is 110 cm³/mol. The van der Waals surface area contributed by atoms with Crippen molar-refractivity contribution >= 4 is 21.9 Å². The number of hydrogen-bond donors (Lipinski definition) is 2. The average molecular weight is 419 g/mol. The van der Waals surface area contributed by atoms with E-state index in [0.717, 1.165) is 56.1 Å². The number of halogens is 1. The number of nitrogens with zero attached hydrogens (tertiary/aromatic N) is 2. The SMILES string of the molecule is CN=C(NCCn1cccc1)NCC1(c2ccc(Br)cc2)CCOCC1. The lowest BCUT2D eigenvalue weighted by molar-refractivity contribution is 0.0514. The van der Waals surface area contributed by atoms with Gasteiger partial charge in [0.2, 0.25) is 0 Å². The normalized spacial score (nSPS) is 17.1. The van der Waals surface area contributed by atoms with Gasteiger partial charge in [-0.1, -0.05) is 28.1 Å². The first-order valence-electron chi connectivity index (χ1n) is 9.11. The molecule has 6 heteroatoms. The Balaban J connectivity index is 1.60. The smallest absolute Gasteiger partial charge is 0.191 e. The maximum absolute atomic E-state index is 5.62. The molecule has 1 aromatic heterocycles. The first-order valence-corrected chi connectivity index (χ1v) is 9.90. The van der Waals surface area contributed by atoms with E-state index in [-0.39, 0.29) is 5.41 Å². The van der Waals surface area contributed by atoms with Crippen molar-refractivity contribution in [1.29, 1.82) is 0 Å². The third kappa shape index (κ3) is 4.89. The van der Waals surface area contributed by atoms with Gasteiger partial charge in [-0.15, -0.1) is 0 Å². The molecule has 1 aromatic carbocycles. The molecule has 0 atom stereocenters. The minimum atomic E-state index is 0.0804. The fraction of sp³-hybridized carbons (Fsp3) is 0.450. The summed E-state index contributed by atoms with van der Waals surface area (Å²) in [4.78, 5) is 4.38. The van der Waals surface area contributed by atoms with Crippen LogP contribution >= 0.6 is 15.9 Å². The topological polar surface area (TPSA) is 50.6 Å². The zero-order chi connectivity index (χ0) is 18.2. The summed E-state index contributed by atoms with van der Waals surface area (Å²) in [7, 11) is 1.82. The van der Waals surface area contributed by atoms with E-state index in [1.807, 2.05) is 19.2 Å². The molecule has 2 N–H and O–H groups in total. The minimum Gasteiger partial charge on any atom is -0.381 e. The summed E-state index contributed by atoms with van der Waals surface area (Å²) < 4.78 is 8.89. The van der Waals surface area contributed by atoms with E-state index in [9.17, 15) is 0 Å². The Morgan fingerprint density at radius 3 is 2.50 bits per heavy atom. The third-order valence-electron chi connectivity index (χ3n) is 5.05. The number of benzene rings is 1. The molecule has 26 heavy (non-hydrogen) atoms. The summed E-state index contributed by atoms with van der Waals surface area (Å²) in [5.74, 6) is 0.847. The van der Waals surface area contributed by atoms with Crippen molar-refractivity contribution in [2.75, 3.05) is 33.4 Å². The molecule has 0 amide bonds. The van der Waals surface area contributed by atoms with Gasteiger partial charge < -0.3 is 19.9 Å². The molecule has 140 valence electrons. The van der Waals surface area contributed by atoms with E-state index in [0.29, 0.717) is 0 Å².